The second-order valence-electron chi connectivity index (χ2n) is 4.90. The van der Waals surface area contributed by atoms with Crippen molar-refractivity contribution in [1.82, 2.24) is 0 Å². The Labute approximate surface area is 114 Å². The largest absolute Gasteiger partial charge is 0.508 e. The number of benzene rings is 2. The number of nitrogens with zero attached hydrogens (tertiary/aromatic N) is 1. The Hall–Kier alpha value is -2.16. The van der Waals surface area contributed by atoms with E-state index in [0.29, 0.717) is 12.3 Å². The molecule has 2 aromatic carbocycles. The Morgan fingerprint density at radius 1 is 1.11 bits per heavy atom. The average Bonchev–Trinajstić information content (AvgIpc) is 2.40. The van der Waals surface area contributed by atoms with Crippen LogP contribution in [0.15, 0.2) is 42.5 Å². The molecule has 0 saturated carbocycles. The van der Waals surface area contributed by atoms with E-state index >= 15 is 0 Å². The number of hydrogen-bond acceptors (Lipinski definition) is 3. The van der Waals surface area contributed by atoms with Gasteiger partial charge >= 0.3 is 0 Å². The van der Waals surface area contributed by atoms with Crippen molar-refractivity contribution in [3.63, 3.8) is 0 Å². The molecule has 0 unspecified atom stereocenters. The number of anilines is 2. The molecule has 0 bridgehead atoms. The molecule has 0 atom stereocenters. The smallest absolute Gasteiger partial charge is 0.120 e. The van der Waals surface area contributed by atoms with Gasteiger partial charge in [-0.1, -0.05) is 29.8 Å². The maximum atomic E-state index is 9.84. The van der Waals surface area contributed by atoms with Crippen LogP contribution in [0.5, 0.6) is 5.75 Å². The van der Waals surface area contributed by atoms with Crippen molar-refractivity contribution in [1.29, 1.82) is 0 Å². The molecule has 0 spiro atoms. The van der Waals surface area contributed by atoms with Crippen LogP contribution in [-0.2, 0) is 6.54 Å². The standard InChI is InChI=1S/C16H20N2O/c1-12-8-9-16(19)13(10-12)11-17-14-6-4-5-7-15(14)18(2)3/h4-10,17,19H,11H2,1-3H3. The molecule has 2 rings (SSSR count). The minimum atomic E-state index is 0.334. The number of nitrogens with one attached hydrogen (secondary N) is 1. The molecule has 3 nitrogen and oxygen atoms in total. The Balaban J connectivity index is 2.17. The van der Waals surface area contributed by atoms with Gasteiger partial charge < -0.3 is 15.3 Å². The van der Waals surface area contributed by atoms with E-state index < -0.39 is 0 Å². The molecule has 0 aliphatic rings. The molecule has 3 heteroatoms. The summed E-state index contributed by atoms with van der Waals surface area (Å²) in [4.78, 5) is 2.07. The third-order valence-electron chi connectivity index (χ3n) is 3.09. The predicted molar refractivity (Wildman–Crippen MR) is 80.9 cm³/mol. The van der Waals surface area contributed by atoms with E-state index in [0.717, 1.165) is 22.5 Å². The topological polar surface area (TPSA) is 35.5 Å². The lowest BCUT2D eigenvalue weighted by Crippen LogP contribution is -2.12. The first-order valence-electron chi connectivity index (χ1n) is 6.36. The van der Waals surface area contributed by atoms with Crippen LogP contribution >= 0.6 is 0 Å². The Morgan fingerprint density at radius 2 is 1.84 bits per heavy atom. The molecule has 0 radical (unpaired) electrons. The summed E-state index contributed by atoms with van der Waals surface area (Å²) in [7, 11) is 4.04. The molecule has 0 saturated heterocycles. The van der Waals surface area contributed by atoms with E-state index in [2.05, 4.69) is 16.3 Å². The third-order valence-corrected chi connectivity index (χ3v) is 3.09. The number of aromatic hydroxyl groups is 1. The number of phenols is 1. The fraction of sp³-hybridized carbons (Fsp3) is 0.250. The van der Waals surface area contributed by atoms with Crippen LogP contribution in [0.2, 0.25) is 0 Å². The SMILES string of the molecule is Cc1ccc(O)c(CNc2ccccc2N(C)C)c1. The second-order valence-corrected chi connectivity index (χ2v) is 4.90. The molecular formula is C16H20N2O. The summed E-state index contributed by atoms with van der Waals surface area (Å²) in [6.45, 7) is 2.63. The van der Waals surface area contributed by atoms with Crippen molar-refractivity contribution in [3.05, 3.63) is 53.6 Å². The van der Waals surface area contributed by atoms with Gasteiger partial charge in [-0.25, -0.2) is 0 Å². The van der Waals surface area contributed by atoms with Crippen LogP contribution in [0.3, 0.4) is 0 Å². The van der Waals surface area contributed by atoms with Gasteiger partial charge in [-0.15, -0.1) is 0 Å². The third kappa shape index (κ3) is 3.19. The van der Waals surface area contributed by atoms with Crippen molar-refractivity contribution in [2.24, 2.45) is 0 Å². The lowest BCUT2D eigenvalue weighted by Gasteiger charge is -2.18. The van der Waals surface area contributed by atoms with E-state index in [1.165, 1.54) is 0 Å². The molecule has 0 fully saturated rings. The van der Waals surface area contributed by atoms with Gasteiger partial charge in [0.25, 0.3) is 0 Å². The molecule has 0 heterocycles. The van der Waals surface area contributed by atoms with E-state index in [1.807, 2.05) is 51.4 Å². The number of rotatable bonds is 4. The summed E-state index contributed by atoms with van der Waals surface area (Å²) in [5.74, 6) is 0.334. The maximum Gasteiger partial charge on any atom is 0.120 e. The first kappa shape index (κ1) is 13.3. The number of aryl methyl sites for hydroxylation is 1. The van der Waals surface area contributed by atoms with Crippen molar-refractivity contribution < 1.29 is 5.11 Å². The molecule has 0 aromatic heterocycles. The van der Waals surface area contributed by atoms with Gasteiger partial charge in [-0.3, -0.25) is 0 Å². The van der Waals surface area contributed by atoms with Crippen molar-refractivity contribution >= 4 is 11.4 Å². The highest BCUT2D eigenvalue weighted by Crippen LogP contribution is 2.25. The summed E-state index contributed by atoms with van der Waals surface area (Å²) < 4.78 is 0. The average molecular weight is 256 g/mol. The monoisotopic (exact) mass is 256 g/mol. The first-order chi connectivity index (χ1) is 9.08. The number of phenolic OH excluding ortho intramolecular Hbond substituents is 1. The fourth-order valence-electron chi connectivity index (χ4n) is 2.06. The molecule has 0 aliphatic heterocycles. The highest BCUT2D eigenvalue weighted by molar-refractivity contribution is 5.69. The Morgan fingerprint density at radius 3 is 2.58 bits per heavy atom. The maximum absolute atomic E-state index is 9.84. The zero-order valence-electron chi connectivity index (χ0n) is 11.6. The van der Waals surface area contributed by atoms with Crippen molar-refractivity contribution in [2.75, 3.05) is 24.3 Å². The van der Waals surface area contributed by atoms with E-state index in [-0.39, 0.29) is 0 Å². The van der Waals surface area contributed by atoms with Gasteiger partial charge in [0, 0.05) is 26.2 Å². The molecule has 100 valence electrons. The Kier molecular flexibility index (Phi) is 3.95. The van der Waals surface area contributed by atoms with Gasteiger partial charge in [-0.2, -0.15) is 0 Å². The summed E-state index contributed by atoms with van der Waals surface area (Å²) in [6, 6.07) is 13.8. The van der Waals surface area contributed by atoms with Crippen LogP contribution in [0, 0.1) is 6.92 Å². The lowest BCUT2D eigenvalue weighted by atomic mass is 10.1. The van der Waals surface area contributed by atoms with Gasteiger partial charge in [0.15, 0.2) is 0 Å². The summed E-state index contributed by atoms with van der Waals surface area (Å²) in [5.41, 5.74) is 4.26. The summed E-state index contributed by atoms with van der Waals surface area (Å²) in [6.07, 6.45) is 0. The molecular weight excluding hydrogens is 236 g/mol. The predicted octanol–water partition coefficient (Wildman–Crippen LogP) is 3.38. The normalized spacial score (nSPS) is 10.3. The van der Waals surface area contributed by atoms with Gasteiger partial charge in [-0.05, 0) is 25.1 Å². The Bertz CT molecular complexity index is 564. The molecule has 0 amide bonds. The highest BCUT2D eigenvalue weighted by atomic mass is 16.3. The van der Waals surface area contributed by atoms with Crippen LogP contribution in [-0.4, -0.2) is 19.2 Å². The molecule has 19 heavy (non-hydrogen) atoms. The van der Waals surface area contributed by atoms with Crippen LogP contribution in [0.4, 0.5) is 11.4 Å². The van der Waals surface area contributed by atoms with Gasteiger partial charge in [0.2, 0.25) is 0 Å². The minimum absolute atomic E-state index is 0.334. The van der Waals surface area contributed by atoms with E-state index in [9.17, 15) is 5.11 Å². The zero-order valence-corrected chi connectivity index (χ0v) is 11.6. The van der Waals surface area contributed by atoms with Gasteiger partial charge in [0.1, 0.15) is 5.75 Å². The summed E-state index contributed by atoms with van der Waals surface area (Å²) >= 11 is 0. The number of hydrogen-bond donors (Lipinski definition) is 2. The van der Waals surface area contributed by atoms with Crippen LogP contribution in [0.1, 0.15) is 11.1 Å². The van der Waals surface area contributed by atoms with Crippen LogP contribution < -0.4 is 10.2 Å². The molecule has 2 N–H and O–H groups in total. The summed E-state index contributed by atoms with van der Waals surface area (Å²) in [5, 5.41) is 13.2. The second kappa shape index (κ2) is 5.65. The van der Waals surface area contributed by atoms with Crippen molar-refractivity contribution in [2.45, 2.75) is 13.5 Å². The van der Waals surface area contributed by atoms with E-state index in [1.54, 1.807) is 6.07 Å². The van der Waals surface area contributed by atoms with Crippen molar-refractivity contribution in [3.8, 4) is 5.75 Å². The molecule has 0 aliphatic carbocycles. The lowest BCUT2D eigenvalue weighted by molar-refractivity contribution is 0.469. The zero-order chi connectivity index (χ0) is 13.8. The highest BCUT2D eigenvalue weighted by Gasteiger charge is 2.05. The van der Waals surface area contributed by atoms with Crippen LogP contribution in [0.25, 0.3) is 0 Å². The van der Waals surface area contributed by atoms with Gasteiger partial charge in [0.05, 0.1) is 11.4 Å². The van der Waals surface area contributed by atoms with E-state index in [4.69, 9.17) is 0 Å². The fourth-order valence-corrected chi connectivity index (χ4v) is 2.06. The molecule has 2 aromatic rings. The quantitative estimate of drug-likeness (QED) is 0.880. The number of para-hydroxylation sites is 2. The minimum Gasteiger partial charge on any atom is -0.508 e. The first-order valence-corrected chi connectivity index (χ1v) is 6.36.